The fraction of sp³-hybridized carbons (Fsp3) is 0.125. The molecule has 0 radical (unpaired) electrons. The van der Waals surface area contributed by atoms with Crippen molar-refractivity contribution in [3.8, 4) is 5.75 Å². The van der Waals surface area contributed by atoms with E-state index in [9.17, 15) is 4.79 Å². The average Bonchev–Trinajstić information content (AvgIpc) is 2.07. The Labute approximate surface area is 102 Å². The van der Waals surface area contributed by atoms with Gasteiger partial charge >= 0.3 is 5.97 Å². The van der Waals surface area contributed by atoms with Crippen molar-refractivity contribution in [2.75, 3.05) is 6.79 Å². The normalized spacial score (nSPS) is 14.5. The highest BCUT2D eigenvalue weighted by Gasteiger charge is 2.22. The van der Waals surface area contributed by atoms with Crippen molar-refractivity contribution in [2.24, 2.45) is 0 Å². The van der Waals surface area contributed by atoms with Crippen LogP contribution >= 0.6 is 45.2 Å². The fourth-order valence-corrected chi connectivity index (χ4v) is 3.08. The minimum atomic E-state index is -0.308. The molecule has 2 rings (SSSR count). The van der Waals surface area contributed by atoms with Crippen LogP contribution in [0.25, 0.3) is 0 Å². The number of ether oxygens (including phenoxy) is 2. The molecule has 5 heteroatoms. The third kappa shape index (κ3) is 1.76. The van der Waals surface area contributed by atoms with Crippen LogP contribution < -0.4 is 4.74 Å². The zero-order chi connectivity index (χ0) is 9.42. The van der Waals surface area contributed by atoms with Crippen LogP contribution in [-0.2, 0) is 4.74 Å². The number of esters is 1. The van der Waals surface area contributed by atoms with Crippen molar-refractivity contribution in [1.29, 1.82) is 0 Å². The standard InChI is InChI=1S/C8H4I2O3/c9-4-1-5-7(6(10)2-4)12-3-13-8(5)11/h1-2H,3H2. The van der Waals surface area contributed by atoms with Gasteiger partial charge in [-0.25, -0.2) is 4.79 Å². The van der Waals surface area contributed by atoms with Crippen LogP contribution in [0.5, 0.6) is 5.75 Å². The summed E-state index contributed by atoms with van der Waals surface area (Å²) in [5.41, 5.74) is 0.516. The topological polar surface area (TPSA) is 35.5 Å². The number of carbonyl (C=O) groups excluding carboxylic acids is 1. The van der Waals surface area contributed by atoms with Gasteiger partial charge in [0.25, 0.3) is 0 Å². The van der Waals surface area contributed by atoms with Gasteiger partial charge in [0.15, 0.2) is 5.75 Å². The van der Waals surface area contributed by atoms with E-state index in [2.05, 4.69) is 45.2 Å². The number of hydrogen-bond donors (Lipinski definition) is 0. The summed E-state index contributed by atoms with van der Waals surface area (Å²) in [5.74, 6) is 0.329. The summed E-state index contributed by atoms with van der Waals surface area (Å²) in [7, 11) is 0. The minimum absolute atomic E-state index is 0.0163. The number of carbonyl (C=O) groups is 1. The highest BCUT2D eigenvalue weighted by atomic mass is 127. The predicted molar refractivity (Wildman–Crippen MR) is 62.8 cm³/mol. The predicted octanol–water partition coefficient (Wildman–Crippen LogP) is 2.40. The lowest BCUT2D eigenvalue weighted by molar-refractivity contribution is 0.00453. The molecule has 0 N–H and O–H groups in total. The number of hydrogen-bond acceptors (Lipinski definition) is 3. The molecule has 1 aromatic carbocycles. The lowest BCUT2D eigenvalue weighted by Crippen LogP contribution is -2.19. The SMILES string of the molecule is O=C1OCOc2c(I)cc(I)cc21. The molecule has 0 bridgehead atoms. The zero-order valence-corrected chi connectivity index (χ0v) is 10.7. The Morgan fingerprint density at radius 2 is 2.00 bits per heavy atom. The third-order valence-electron chi connectivity index (χ3n) is 1.62. The first-order chi connectivity index (χ1) is 6.18. The van der Waals surface area contributed by atoms with E-state index in [0.717, 1.165) is 7.14 Å². The number of halogens is 2. The molecule has 68 valence electrons. The first kappa shape index (κ1) is 9.50. The van der Waals surface area contributed by atoms with Crippen LogP contribution in [0.1, 0.15) is 10.4 Å². The number of benzene rings is 1. The summed E-state index contributed by atoms with van der Waals surface area (Å²) in [4.78, 5) is 11.3. The zero-order valence-electron chi connectivity index (χ0n) is 6.34. The maximum Gasteiger partial charge on any atom is 0.344 e. The van der Waals surface area contributed by atoms with E-state index >= 15 is 0 Å². The maximum absolute atomic E-state index is 11.3. The van der Waals surface area contributed by atoms with Crippen molar-refractivity contribution in [2.45, 2.75) is 0 Å². The van der Waals surface area contributed by atoms with E-state index in [4.69, 9.17) is 9.47 Å². The first-order valence-electron chi connectivity index (χ1n) is 3.47. The Morgan fingerprint density at radius 3 is 2.77 bits per heavy atom. The van der Waals surface area contributed by atoms with E-state index in [1.807, 2.05) is 6.07 Å². The van der Waals surface area contributed by atoms with Gasteiger partial charge in [-0.1, -0.05) is 0 Å². The summed E-state index contributed by atoms with van der Waals surface area (Å²) in [6.45, 7) is 0.0163. The number of cyclic esters (lactones) is 1. The smallest absolute Gasteiger partial charge is 0.344 e. The van der Waals surface area contributed by atoms with E-state index in [-0.39, 0.29) is 12.8 Å². The molecule has 1 heterocycles. The second kappa shape index (κ2) is 3.60. The van der Waals surface area contributed by atoms with Crippen molar-refractivity contribution in [1.82, 2.24) is 0 Å². The third-order valence-corrected chi connectivity index (χ3v) is 3.05. The largest absolute Gasteiger partial charge is 0.455 e. The molecule has 1 aliphatic rings. The molecular formula is C8H4I2O3. The van der Waals surface area contributed by atoms with Crippen LogP contribution in [0.15, 0.2) is 12.1 Å². The van der Waals surface area contributed by atoms with Gasteiger partial charge in [-0.2, -0.15) is 0 Å². The molecule has 1 aliphatic heterocycles. The van der Waals surface area contributed by atoms with Crippen LogP contribution in [0.3, 0.4) is 0 Å². The quantitative estimate of drug-likeness (QED) is 0.494. The summed E-state index contributed by atoms with van der Waals surface area (Å²) in [5, 5.41) is 0. The maximum atomic E-state index is 11.3. The lowest BCUT2D eigenvalue weighted by atomic mass is 10.2. The Kier molecular flexibility index (Phi) is 2.63. The van der Waals surface area contributed by atoms with Crippen molar-refractivity contribution >= 4 is 51.2 Å². The van der Waals surface area contributed by atoms with Crippen molar-refractivity contribution < 1.29 is 14.3 Å². The monoisotopic (exact) mass is 402 g/mol. The molecule has 3 nitrogen and oxygen atoms in total. The first-order valence-corrected chi connectivity index (χ1v) is 5.63. The molecule has 0 fully saturated rings. The summed E-state index contributed by atoms with van der Waals surface area (Å²) < 4.78 is 11.9. The minimum Gasteiger partial charge on any atom is -0.455 e. The molecule has 0 unspecified atom stereocenters. The molecule has 0 amide bonds. The van der Waals surface area contributed by atoms with Gasteiger partial charge in [0, 0.05) is 3.57 Å². The lowest BCUT2D eigenvalue weighted by Gasteiger charge is -2.17. The molecule has 0 saturated heterocycles. The molecule has 0 aromatic heterocycles. The van der Waals surface area contributed by atoms with Crippen LogP contribution in [0.4, 0.5) is 0 Å². The molecule has 0 atom stereocenters. The van der Waals surface area contributed by atoms with Crippen LogP contribution in [-0.4, -0.2) is 12.8 Å². The molecule has 1 aromatic rings. The second-order valence-electron chi connectivity index (χ2n) is 2.46. The molecule has 13 heavy (non-hydrogen) atoms. The van der Waals surface area contributed by atoms with E-state index in [1.54, 1.807) is 6.07 Å². The summed E-state index contributed by atoms with van der Waals surface area (Å²) in [6.07, 6.45) is 0. The van der Waals surface area contributed by atoms with E-state index in [0.29, 0.717) is 11.3 Å². The van der Waals surface area contributed by atoms with Crippen LogP contribution in [0, 0.1) is 7.14 Å². The van der Waals surface area contributed by atoms with Crippen LogP contribution in [0.2, 0.25) is 0 Å². The molecule has 0 saturated carbocycles. The average molecular weight is 402 g/mol. The van der Waals surface area contributed by atoms with Gasteiger partial charge in [-0.3, -0.25) is 0 Å². The van der Waals surface area contributed by atoms with Gasteiger partial charge in [0.1, 0.15) is 5.56 Å². The molecular weight excluding hydrogens is 398 g/mol. The highest BCUT2D eigenvalue weighted by Crippen LogP contribution is 2.31. The van der Waals surface area contributed by atoms with Gasteiger partial charge < -0.3 is 9.47 Å². The summed E-state index contributed by atoms with van der Waals surface area (Å²) in [6, 6.07) is 3.72. The second-order valence-corrected chi connectivity index (χ2v) is 4.87. The number of rotatable bonds is 0. The van der Waals surface area contributed by atoms with Gasteiger partial charge in [-0.05, 0) is 57.3 Å². The van der Waals surface area contributed by atoms with Crippen molar-refractivity contribution in [3.63, 3.8) is 0 Å². The Bertz CT molecular complexity index is 376. The molecule has 0 aliphatic carbocycles. The highest BCUT2D eigenvalue weighted by molar-refractivity contribution is 14.1. The van der Waals surface area contributed by atoms with Crippen molar-refractivity contribution in [3.05, 3.63) is 24.8 Å². The van der Waals surface area contributed by atoms with Gasteiger partial charge in [0.2, 0.25) is 6.79 Å². The van der Waals surface area contributed by atoms with E-state index < -0.39 is 0 Å². The number of fused-ring (bicyclic) bond motifs is 1. The van der Waals surface area contributed by atoms with Gasteiger partial charge in [0.05, 0.1) is 3.57 Å². The molecule has 0 spiro atoms. The summed E-state index contributed by atoms with van der Waals surface area (Å²) >= 11 is 4.29. The van der Waals surface area contributed by atoms with E-state index in [1.165, 1.54) is 0 Å². The Hall–Kier alpha value is -0.0500. The Balaban J connectivity index is 2.63. The Morgan fingerprint density at radius 1 is 1.23 bits per heavy atom. The van der Waals surface area contributed by atoms with Gasteiger partial charge in [-0.15, -0.1) is 0 Å². The fourth-order valence-electron chi connectivity index (χ4n) is 1.08.